The number of hydrazone groups is 1. The number of carbonyl (C=O) groups is 1. The molecular weight excluding hydrogens is 448 g/mol. The summed E-state index contributed by atoms with van der Waals surface area (Å²) in [5.41, 5.74) is 6.81. The predicted molar refractivity (Wildman–Crippen MR) is 120 cm³/mol. The summed E-state index contributed by atoms with van der Waals surface area (Å²) in [6.07, 6.45) is 1.53. The third kappa shape index (κ3) is 5.07. The van der Waals surface area contributed by atoms with Gasteiger partial charge in [0.25, 0.3) is 5.91 Å². The monoisotopic (exact) mass is 470 g/mol. The Labute approximate surface area is 183 Å². The molecule has 1 N–H and O–H groups in total. The number of aryl methyl sites for hydroxylation is 2. The largest absolute Gasteiger partial charge is 0.496 e. The SMILES string of the molecule is COc1cc(OC)c(C=NNC(=O)c2cccc(Cn3nc(C)cc3C)c2)cc1Br. The van der Waals surface area contributed by atoms with E-state index in [1.807, 2.05) is 48.9 Å². The summed E-state index contributed by atoms with van der Waals surface area (Å²) in [5, 5.41) is 8.54. The maximum Gasteiger partial charge on any atom is 0.271 e. The Morgan fingerprint density at radius 3 is 2.60 bits per heavy atom. The van der Waals surface area contributed by atoms with E-state index in [-0.39, 0.29) is 5.91 Å². The van der Waals surface area contributed by atoms with Gasteiger partial charge in [0.1, 0.15) is 11.5 Å². The minimum atomic E-state index is -0.298. The van der Waals surface area contributed by atoms with Crippen LogP contribution in [0.4, 0.5) is 0 Å². The molecule has 1 heterocycles. The van der Waals surface area contributed by atoms with Crippen LogP contribution in [0.25, 0.3) is 0 Å². The molecule has 1 amide bonds. The van der Waals surface area contributed by atoms with E-state index < -0.39 is 0 Å². The number of halogens is 1. The van der Waals surface area contributed by atoms with Crippen LogP contribution in [-0.2, 0) is 6.54 Å². The first kappa shape index (κ1) is 21.6. The van der Waals surface area contributed by atoms with E-state index in [2.05, 4.69) is 31.6 Å². The van der Waals surface area contributed by atoms with Crippen molar-refractivity contribution in [1.29, 1.82) is 0 Å². The Morgan fingerprint density at radius 1 is 1.17 bits per heavy atom. The fourth-order valence-electron chi connectivity index (χ4n) is 3.03. The third-order valence-electron chi connectivity index (χ3n) is 4.50. The zero-order chi connectivity index (χ0) is 21.7. The number of carbonyl (C=O) groups excluding carboxylic acids is 1. The molecule has 0 spiro atoms. The molecule has 156 valence electrons. The van der Waals surface area contributed by atoms with E-state index in [0.29, 0.717) is 29.2 Å². The van der Waals surface area contributed by atoms with E-state index in [4.69, 9.17) is 9.47 Å². The molecule has 0 aliphatic heterocycles. The summed E-state index contributed by atoms with van der Waals surface area (Å²) in [6.45, 7) is 4.57. The van der Waals surface area contributed by atoms with Gasteiger partial charge in [0, 0.05) is 22.9 Å². The molecule has 0 fully saturated rings. The number of methoxy groups -OCH3 is 2. The summed E-state index contributed by atoms with van der Waals surface area (Å²) < 4.78 is 13.3. The van der Waals surface area contributed by atoms with Crippen molar-refractivity contribution in [1.82, 2.24) is 15.2 Å². The number of hydrogen-bond acceptors (Lipinski definition) is 5. The smallest absolute Gasteiger partial charge is 0.271 e. The molecule has 0 unspecified atom stereocenters. The number of rotatable bonds is 7. The summed E-state index contributed by atoms with van der Waals surface area (Å²) in [6, 6.07) is 13.0. The minimum absolute atomic E-state index is 0.298. The second-order valence-electron chi connectivity index (χ2n) is 6.71. The molecule has 0 bridgehead atoms. The van der Waals surface area contributed by atoms with Crippen LogP contribution in [0.5, 0.6) is 11.5 Å². The van der Waals surface area contributed by atoms with Gasteiger partial charge in [-0.2, -0.15) is 10.2 Å². The Morgan fingerprint density at radius 2 is 1.93 bits per heavy atom. The standard InChI is InChI=1S/C22H23BrN4O3/c1-14-8-15(2)27(26-14)13-16-6-5-7-17(9-16)22(28)25-24-12-18-10-19(23)21(30-4)11-20(18)29-3/h5-12H,13H2,1-4H3,(H,25,28). The molecule has 8 heteroatoms. The Balaban J connectivity index is 1.71. The van der Waals surface area contributed by atoms with Crippen LogP contribution in [0.2, 0.25) is 0 Å². The number of ether oxygens (including phenoxy) is 2. The molecule has 0 atom stereocenters. The van der Waals surface area contributed by atoms with E-state index in [9.17, 15) is 4.79 Å². The summed E-state index contributed by atoms with van der Waals surface area (Å²) in [7, 11) is 3.14. The zero-order valence-electron chi connectivity index (χ0n) is 17.3. The van der Waals surface area contributed by atoms with Gasteiger partial charge in [-0.25, -0.2) is 5.43 Å². The molecule has 7 nitrogen and oxygen atoms in total. The molecule has 0 saturated heterocycles. The van der Waals surface area contributed by atoms with Gasteiger partial charge in [-0.05, 0) is 59.6 Å². The van der Waals surface area contributed by atoms with E-state index >= 15 is 0 Å². The lowest BCUT2D eigenvalue weighted by molar-refractivity contribution is 0.0955. The molecule has 30 heavy (non-hydrogen) atoms. The van der Waals surface area contributed by atoms with Crippen LogP contribution in [0, 0.1) is 13.8 Å². The van der Waals surface area contributed by atoms with Crippen molar-refractivity contribution in [2.75, 3.05) is 14.2 Å². The fourth-order valence-corrected chi connectivity index (χ4v) is 3.55. The summed E-state index contributed by atoms with van der Waals surface area (Å²) in [4.78, 5) is 12.5. The second-order valence-corrected chi connectivity index (χ2v) is 7.57. The van der Waals surface area contributed by atoms with Gasteiger partial charge < -0.3 is 9.47 Å². The highest BCUT2D eigenvalue weighted by Gasteiger charge is 2.10. The Kier molecular flexibility index (Phi) is 6.89. The van der Waals surface area contributed by atoms with Crippen LogP contribution in [0.1, 0.15) is 32.9 Å². The van der Waals surface area contributed by atoms with Crippen LogP contribution in [0.3, 0.4) is 0 Å². The number of nitrogens with one attached hydrogen (secondary N) is 1. The molecule has 1 aromatic heterocycles. The second kappa shape index (κ2) is 9.58. The lowest BCUT2D eigenvalue weighted by Crippen LogP contribution is -2.18. The molecule has 3 aromatic rings. The molecule has 0 aliphatic carbocycles. The van der Waals surface area contributed by atoms with Gasteiger partial charge in [0.2, 0.25) is 0 Å². The van der Waals surface area contributed by atoms with Crippen molar-refractivity contribution < 1.29 is 14.3 Å². The van der Waals surface area contributed by atoms with Crippen molar-refractivity contribution in [2.45, 2.75) is 20.4 Å². The van der Waals surface area contributed by atoms with Gasteiger partial charge in [-0.15, -0.1) is 0 Å². The first-order valence-corrected chi connectivity index (χ1v) is 10.1. The van der Waals surface area contributed by atoms with Crippen LogP contribution in [0.15, 0.2) is 52.0 Å². The van der Waals surface area contributed by atoms with Crippen molar-refractivity contribution in [3.8, 4) is 11.5 Å². The highest BCUT2D eigenvalue weighted by atomic mass is 79.9. The van der Waals surface area contributed by atoms with Gasteiger partial charge in [-0.3, -0.25) is 9.48 Å². The minimum Gasteiger partial charge on any atom is -0.496 e. The number of aromatic nitrogens is 2. The molecule has 0 saturated carbocycles. The highest BCUT2D eigenvalue weighted by molar-refractivity contribution is 9.10. The topological polar surface area (TPSA) is 77.7 Å². The third-order valence-corrected chi connectivity index (χ3v) is 5.12. The van der Waals surface area contributed by atoms with Crippen LogP contribution >= 0.6 is 15.9 Å². The maximum atomic E-state index is 12.5. The van der Waals surface area contributed by atoms with Gasteiger partial charge in [0.05, 0.1) is 37.1 Å². The fraction of sp³-hybridized carbons (Fsp3) is 0.227. The number of hydrogen-bond donors (Lipinski definition) is 1. The Bertz CT molecular complexity index is 1090. The van der Waals surface area contributed by atoms with Gasteiger partial charge in [0.15, 0.2) is 0 Å². The quantitative estimate of drug-likeness (QED) is 0.416. The van der Waals surface area contributed by atoms with Crippen molar-refractivity contribution >= 4 is 28.1 Å². The number of amides is 1. The van der Waals surface area contributed by atoms with E-state index in [0.717, 1.165) is 21.4 Å². The first-order chi connectivity index (χ1) is 14.4. The van der Waals surface area contributed by atoms with Gasteiger partial charge in [-0.1, -0.05) is 12.1 Å². The van der Waals surface area contributed by atoms with Crippen LogP contribution < -0.4 is 14.9 Å². The van der Waals surface area contributed by atoms with E-state index in [1.54, 1.807) is 26.4 Å². The van der Waals surface area contributed by atoms with Gasteiger partial charge >= 0.3 is 0 Å². The molecule has 2 aromatic carbocycles. The van der Waals surface area contributed by atoms with Crippen molar-refractivity contribution in [3.05, 3.63) is 75.0 Å². The Hall–Kier alpha value is -3.13. The average molecular weight is 471 g/mol. The average Bonchev–Trinajstić information content (AvgIpc) is 3.04. The predicted octanol–water partition coefficient (Wildman–Crippen LogP) is 4.09. The zero-order valence-corrected chi connectivity index (χ0v) is 18.9. The first-order valence-electron chi connectivity index (χ1n) is 9.26. The summed E-state index contributed by atoms with van der Waals surface area (Å²) in [5.74, 6) is 0.931. The molecular formula is C22H23BrN4O3. The van der Waals surface area contributed by atoms with Crippen molar-refractivity contribution in [3.63, 3.8) is 0 Å². The van der Waals surface area contributed by atoms with Crippen molar-refractivity contribution in [2.24, 2.45) is 5.10 Å². The lowest BCUT2D eigenvalue weighted by Gasteiger charge is -2.09. The molecule has 3 rings (SSSR count). The van der Waals surface area contributed by atoms with Crippen LogP contribution in [-0.4, -0.2) is 36.1 Å². The number of benzene rings is 2. The maximum absolute atomic E-state index is 12.5. The molecule has 0 radical (unpaired) electrons. The highest BCUT2D eigenvalue weighted by Crippen LogP contribution is 2.31. The normalized spacial score (nSPS) is 11.0. The molecule has 0 aliphatic rings. The summed E-state index contributed by atoms with van der Waals surface area (Å²) >= 11 is 3.43. The number of nitrogens with zero attached hydrogens (tertiary/aromatic N) is 3. The lowest BCUT2D eigenvalue weighted by atomic mass is 10.1. The van der Waals surface area contributed by atoms with E-state index in [1.165, 1.54) is 6.21 Å².